The Morgan fingerprint density at radius 3 is 2.50 bits per heavy atom. The molecule has 0 bridgehead atoms. The van der Waals surface area contributed by atoms with Gasteiger partial charge in [0.05, 0.1) is 0 Å². The zero-order valence-corrected chi connectivity index (χ0v) is 12.2. The summed E-state index contributed by atoms with van der Waals surface area (Å²) in [5, 5.41) is 0. The van der Waals surface area contributed by atoms with E-state index in [1.807, 2.05) is 11.9 Å². The number of hydrogen-bond acceptors (Lipinski definition) is 2. The second-order valence-electron chi connectivity index (χ2n) is 6.32. The quantitative estimate of drug-likeness (QED) is 0.914. The van der Waals surface area contributed by atoms with Crippen molar-refractivity contribution in [3.63, 3.8) is 0 Å². The minimum absolute atomic E-state index is 0.136. The van der Waals surface area contributed by atoms with Crippen LogP contribution in [0.25, 0.3) is 0 Å². The third kappa shape index (κ3) is 2.35. The van der Waals surface area contributed by atoms with Crippen molar-refractivity contribution in [2.24, 2.45) is 17.6 Å². The van der Waals surface area contributed by atoms with E-state index in [2.05, 4.69) is 24.3 Å². The molecule has 108 valence electrons. The molecule has 2 N–H and O–H groups in total. The first-order valence-corrected chi connectivity index (χ1v) is 7.74. The van der Waals surface area contributed by atoms with Gasteiger partial charge in [0.1, 0.15) is 0 Å². The number of nitrogens with two attached hydrogens (primary N) is 1. The summed E-state index contributed by atoms with van der Waals surface area (Å²) in [7, 11) is 1.98. The van der Waals surface area contributed by atoms with Crippen LogP contribution in [0, 0.1) is 11.8 Å². The number of carbonyl (C=O) groups is 1. The first kappa shape index (κ1) is 13.6. The normalized spacial score (nSPS) is 25.7. The summed E-state index contributed by atoms with van der Waals surface area (Å²) < 4.78 is 0. The zero-order valence-electron chi connectivity index (χ0n) is 12.2. The summed E-state index contributed by atoms with van der Waals surface area (Å²) >= 11 is 0. The van der Waals surface area contributed by atoms with Gasteiger partial charge < -0.3 is 10.6 Å². The van der Waals surface area contributed by atoms with Crippen molar-refractivity contribution in [1.29, 1.82) is 0 Å². The molecule has 2 atom stereocenters. The standard InChI is InChI=1S/C17H24N2O/c1-19(16-8-4-7-14(16)11-18)17(20)15-9-12-5-2-3-6-13(12)10-15/h2-3,5-6,14-16H,4,7-11,18H2,1H3. The van der Waals surface area contributed by atoms with Gasteiger partial charge in [-0.1, -0.05) is 30.7 Å². The van der Waals surface area contributed by atoms with Gasteiger partial charge in [0.25, 0.3) is 0 Å². The number of benzene rings is 1. The van der Waals surface area contributed by atoms with Gasteiger partial charge in [-0.2, -0.15) is 0 Å². The van der Waals surface area contributed by atoms with Crippen molar-refractivity contribution in [2.75, 3.05) is 13.6 Å². The van der Waals surface area contributed by atoms with Crippen molar-refractivity contribution in [3.05, 3.63) is 35.4 Å². The molecule has 2 aliphatic rings. The molecule has 3 nitrogen and oxygen atoms in total. The number of hydrogen-bond donors (Lipinski definition) is 1. The number of fused-ring (bicyclic) bond motifs is 1. The van der Waals surface area contributed by atoms with Gasteiger partial charge in [-0.05, 0) is 49.3 Å². The fraction of sp³-hybridized carbons (Fsp3) is 0.588. The van der Waals surface area contributed by atoms with Crippen molar-refractivity contribution in [1.82, 2.24) is 4.90 Å². The average molecular weight is 272 g/mol. The van der Waals surface area contributed by atoms with Crippen LogP contribution in [0.15, 0.2) is 24.3 Å². The first-order chi connectivity index (χ1) is 9.70. The minimum Gasteiger partial charge on any atom is -0.342 e. The largest absolute Gasteiger partial charge is 0.342 e. The number of nitrogens with zero attached hydrogens (tertiary/aromatic N) is 1. The van der Waals surface area contributed by atoms with E-state index in [4.69, 9.17) is 5.73 Å². The van der Waals surface area contributed by atoms with Crippen LogP contribution < -0.4 is 5.73 Å². The Morgan fingerprint density at radius 2 is 1.90 bits per heavy atom. The second kappa shape index (κ2) is 5.57. The van der Waals surface area contributed by atoms with Crippen LogP contribution in [-0.4, -0.2) is 30.4 Å². The SMILES string of the molecule is CN(C(=O)C1Cc2ccccc2C1)C1CCCC1CN. The Morgan fingerprint density at radius 1 is 1.25 bits per heavy atom. The van der Waals surface area contributed by atoms with Crippen LogP contribution >= 0.6 is 0 Å². The molecule has 3 rings (SSSR count). The lowest BCUT2D eigenvalue weighted by Crippen LogP contribution is -2.44. The summed E-state index contributed by atoms with van der Waals surface area (Å²) in [5.41, 5.74) is 8.54. The molecule has 2 unspecified atom stereocenters. The highest BCUT2D eigenvalue weighted by atomic mass is 16.2. The number of carbonyl (C=O) groups excluding carboxylic acids is 1. The van der Waals surface area contributed by atoms with Crippen LogP contribution in [-0.2, 0) is 17.6 Å². The van der Waals surface area contributed by atoms with E-state index in [0.717, 1.165) is 19.3 Å². The molecule has 1 aromatic rings. The van der Waals surface area contributed by atoms with E-state index in [0.29, 0.717) is 24.4 Å². The third-order valence-electron chi connectivity index (χ3n) is 5.17. The Balaban J connectivity index is 1.68. The molecule has 2 aliphatic carbocycles. The molecular weight excluding hydrogens is 248 g/mol. The van der Waals surface area contributed by atoms with Crippen molar-refractivity contribution < 1.29 is 4.79 Å². The molecule has 1 fully saturated rings. The monoisotopic (exact) mass is 272 g/mol. The molecule has 1 amide bonds. The maximum absolute atomic E-state index is 12.7. The summed E-state index contributed by atoms with van der Waals surface area (Å²) in [6.07, 6.45) is 5.29. The molecule has 1 aromatic carbocycles. The van der Waals surface area contributed by atoms with Crippen LogP contribution in [0.1, 0.15) is 30.4 Å². The second-order valence-corrected chi connectivity index (χ2v) is 6.32. The zero-order chi connectivity index (χ0) is 14.1. The predicted octanol–water partition coefficient (Wildman–Crippen LogP) is 1.99. The molecule has 3 heteroatoms. The smallest absolute Gasteiger partial charge is 0.226 e. The lowest BCUT2D eigenvalue weighted by atomic mass is 9.99. The highest BCUT2D eigenvalue weighted by molar-refractivity contribution is 5.80. The molecule has 0 saturated heterocycles. The molecule has 0 spiro atoms. The first-order valence-electron chi connectivity index (χ1n) is 7.74. The molecular formula is C17H24N2O. The fourth-order valence-electron chi connectivity index (χ4n) is 3.99. The lowest BCUT2D eigenvalue weighted by Gasteiger charge is -2.31. The van der Waals surface area contributed by atoms with Gasteiger partial charge in [0.15, 0.2) is 0 Å². The molecule has 0 aliphatic heterocycles. The average Bonchev–Trinajstić information content (AvgIpc) is 3.11. The predicted molar refractivity (Wildman–Crippen MR) is 80.3 cm³/mol. The van der Waals surface area contributed by atoms with Gasteiger partial charge in [0, 0.05) is 19.0 Å². The van der Waals surface area contributed by atoms with Gasteiger partial charge >= 0.3 is 0 Å². The number of amides is 1. The Labute approximate surface area is 121 Å². The van der Waals surface area contributed by atoms with E-state index < -0.39 is 0 Å². The lowest BCUT2D eigenvalue weighted by molar-refractivity contribution is -0.136. The summed E-state index contributed by atoms with van der Waals surface area (Å²) in [4.78, 5) is 14.7. The Hall–Kier alpha value is -1.35. The minimum atomic E-state index is 0.136. The van der Waals surface area contributed by atoms with Crippen molar-refractivity contribution in [2.45, 2.75) is 38.1 Å². The van der Waals surface area contributed by atoms with Crippen LogP contribution in [0.2, 0.25) is 0 Å². The Bertz CT molecular complexity index is 475. The van der Waals surface area contributed by atoms with E-state index >= 15 is 0 Å². The Kier molecular flexibility index (Phi) is 3.79. The highest BCUT2D eigenvalue weighted by Gasteiger charge is 2.36. The maximum Gasteiger partial charge on any atom is 0.226 e. The van der Waals surface area contributed by atoms with Crippen LogP contribution in [0.5, 0.6) is 0 Å². The van der Waals surface area contributed by atoms with Gasteiger partial charge in [0.2, 0.25) is 5.91 Å². The molecule has 1 saturated carbocycles. The molecule has 20 heavy (non-hydrogen) atoms. The van der Waals surface area contributed by atoms with Gasteiger partial charge in [-0.25, -0.2) is 0 Å². The highest BCUT2D eigenvalue weighted by Crippen LogP contribution is 2.32. The topological polar surface area (TPSA) is 46.3 Å². The van der Waals surface area contributed by atoms with Gasteiger partial charge in [-0.15, -0.1) is 0 Å². The molecule has 0 radical (unpaired) electrons. The van der Waals surface area contributed by atoms with Crippen molar-refractivity contribution >= 4 is 5.91 Å². The summed E-state index contributed by atoms with van der Waals surface area (Å²) in [5.74, 6) is 0.940. The molecule has 0 aromatic heterocycles. The van der Waals surface area contributed by atoms with Gasteiger partial charge in [-0.3, -0.25) is 4.79 Å². The summed E-state index contributed by atoms with van der Waals surface area (Å²) in [6, 6.07) is 8.80. The molecule has 0 heterocycles. The fourth-order valence-corrected chi connectivity index (χ4v) is 3.99. The van der Waals surface area contributed by atoms with Crippen LogP contribution in [0.4, 0.5) is 0 Å². The summed E-state index contributed by atoms with van der Waals surface area (Å²) in [6.45, 7) is 0.702. The van der Waals surface area contributed by atoms with Crippen molar-refractivity contribution in [3.8, 4) is 0 Å². The van der Waals surface area contributed by atoms with E-state index in [1.165, 1.54) is 24.0 Å². The van der Waals surface area contributed by atoms with E-state index in [1.54, 1.807) is 0 Å². The van der Waals surface area contributed by atoms with Crippen LogP contribution in [0.3, 0.4) is 0 Å². The third-order valence-corrected chi connectivity index (χ3v) is 5.17. The van der Waals surface area contributed by atoms with E-state index in [-0.39, 0.29) is 5.92 Å². The maximum atomic E-state index is 12.7. The number of rotatable bonds is 3. The van der Waals surface area contributed by atoms with E-state index in [9.17, 15) is 4.79 Å².